The summed E-state index contributed by atoms with van der Waals surface area (Å²) in [5, 5.41) is 4.24. The van der Waals surface area contributed by atoms with Crippen molar-refractivity contribution in [3.8, 4) is 28.4 Å². The first-order valence-corrected chi connectivity index (χ1v) is 18.6. The molecular weight excluding hydrogens is 664 g/mol. The number of fused-ring (bicyclic) bond motifs is 2. The molecule has 7 nitrogen and oxygen atoms in total. The zero-order valence-corrected chi connectivity index (χ0v) is 31.7. The van der Waals surface area contributed by atoms with Gasteiger partial charge >= 0.3 is 0 Å². The van der Waals surface area contributed by atoms with Gasteiger partial charge in [-0.25, -0.2) is 0 Å². The number of hydrogen-bond acceptors (Lipinski definition) is 7. The highest BCUT2D eigenvalue weighted by Crippen LogP contribution is 2.41. The second-order valence-corrected chi connectivity index (χ2v) is 12.2. The van der Waals surface area contributed by atoms with Crippen molar-refractivity contribution in [1.82, 2.24) is 0 Å². The van der Waals surface area contributed by atoms with Crippen LogP contribution in [-0.4, -0.2) is 58.0 Å². The molecule has 3 unspecified atom stereocenters. The van der Waals surface area contributed by atoms with Crippen LogP contribution in [0.25, 0.3) is 32.7 Å². The van der Waals surface area contributed by atoms with Crippen LogP contribution >= 0.6 is 0 Å². The Hall–Kier alpha value is -5.08. The standard InChI is InChI=1S/C42H40O7.2C2H6/c1-5-27(4)31(17-33(6-2)43-21-37-23-45-37)18-34(7-3)49-36-14-11-29-12-15-41(48-26-39-25-47-39)42(40(29)20-36)30-9-8-28-10-13-35(19-32(28)16-30)44-22-38-24-46-38;2*1-2/h5-20,37-39H,1,3-4,21-26H2,2H3;2*1-2H3/b31-17-,33-6+,34-18+;;. The molecule has 0 spiro atoms. The van der Waals surface area contributed by atoms with Crippen LogP contribution < -0.4 is 14.2 Å². The molecule has 0 amide bonds. The maximum absolute atomic E-state index is 6.46. The van der Waals surface area contributed by atoms with Gasteiger partial charge in [0.05, 0.1) is 19.8 Å². The lowest BCUT2D eigenvalue weighted by molar-refractivity contribution is 0.192. The Morgan fingerprint density at radius 3 is 1.96 bits per heavy atom. The number of hydrogen-bond donors (Lipinski definition) is 0. The average Bonchev–Trinajstić information content (AvgIpc) is 4.05. The second kappa shape index (κ2) is 19.1. The van der Waals surface area contributed by atoms with Crippen LogP contribution in [0.2, 0.25) is 0 Å². The van der Waals surface area contributed by atoms with Crippen molar-refractivity contribution in [2.45, 2.75) is 52.9 Å². The van der Waals surface area contributed by atoms with Crippen molar-refractivity contribution in [1.29, 1.82) is 0 Å². The number of rotatable bonds is 17. The van der Waals surface area contributed by atoms with Gasteiger partial charge in [0, 0.05) is 5.56 Å². The minimum Gasteiger partial charge on any atom is -0.491 e. The summed E-state index contributed by atoms with van der Waals surface area (Å²) in [5.74, 6) is 3.50. The molecule has 0 aromatic heterocycles. The first-order chi connectivity index (χ1) is 26.0. The minimum absolute atomic E-state index is 0.119. The fraction of sp³-hybridized carbons (Fsp3) is 0.304. The van der Waals surface area contributed by atoms with Crippen LogP contribution in [-0.2, 0) is 18.9 Å². The lowest BCUT2D eigenvalue weighted by Gasteiger charge is -2.16. The third-order valence-corrected chi connectivity index (χ3v) is 8.49. The molecule has 0 saturated carbocycles. The molecule has 4 aromatic carbocycles. The molecule has 3 aliphatic rings. The Morgan fingerprint density at radius 2 is 1.30 bits per heavy atom. The smallest absolute Gasteiger partial charge is 0.128 e. The van der Waals surface area contributed by atoms with Crippen molar-refractivity contribution in [3.05, 3.63) is 140 Å². The Labute approximate surface area is 314 Å². The molecule has 3 saturated heterocycles. The van der Waals surface area contributed by atoms with Crippen LogP contribution in [0.3, 0.4) is 0 Å². The predicted octanol–water partition coefficient (Wildman–Crippen LogP) is 10.7. The van der Waals surface area contributed by atoms with E-state index in [9.17, 15) is 0 Å². The molecule has 0 aliphatic carbocycles. The van der Waals surface area contributed by atoms with Gasteiger partial charge in [-0.15, -0.1) is 0 Å². The van der Waals surface area contributed by atoms with Gasteiger partial charge in [-0.3, -0.25) is 0 Å². The molecule has 0 radical (unpaired) electrons. The Balaban J connectivity index is 0.00000131. The van der Waals surface area contributed by atoms with E-state index in [0.29, 0.717) is 43.7 Å². The molecule has 0 N–H and O–H groups in total. The third kappa shape index (κ3) is 11.0. The number of benzene rings is 4. The van der Waals surface area contributed by atoms with Crippen LogP contribution in [0.4, 0.5) is 0 Å². The molecule has 53 heavy (non-hydrogen) atoms. The molecule has 278 valence electrons. The highest BCUT2D eigenvalue weighted by molar-refractivity contribution is 6.02. The molecule has 3 aliphatic heterocycles. The fourth-order valence-corrected chi connectivity index (χ4v) is 5.41. The molecule has 7 heteroatoms. The van der Waals surface area contributed by atoms with Gasteiger partial charge in [-0.1, -0.05) is 83.8 Å². The molecule has 7 rings (SSSR count). The van der Waals surface area contributed by atoms with E-state index >= 15 is 0 Å². The van der Waals surface area contributed by atoms with Gasteiger partial charge < -0.3 is 33.2 Å². The maximum Gasteiger partial charge on any atom is 0.128 e. The minimum atomic E-state index is 0.119. The number of allylic oxidation sites excluding steroid dienone is 7. The largest absolute Gasteiger partial charge is 0.491 e. The van der Waals surface area contributed by atoms with E-state index in [-0.39, 0.29) is 18.3 Å². The molecule has 3 heterocycles. The van der Waals surface area contributed by atoms with Crippen molar-refractivity contribution in [2.75, 3.05) is 39.6 Å². The number of ether oxygens (including phenoxy) is 7. The highest BCUT2D eigenvalue weighted by atomic mass is 16.6. The van der Waals surface area contributed by atoms with Crippen LogP contribution in [0.5, 0.6) is 17.2 Å². The molecular formula is C46H52O7. The zero-order chi connectivity index (χ0) is 37.7. The maximum atomic E-state index is 6.46. The van der Waals surface area contributed by atoms with Gasteiger partial charge in [0.15, 0.2) is 0 Å². The van der Waals surface area contributed by atoms with Crippen molar-refractivity contribution in [2.24, 2.45) is 0 Å². The normalized spacial score (nSPS) is 18.8. The summed E-state index contributed by atoms with van der Waals surface area (Å²) in [6, 6.07) is 22.8. The van der Waals surface area contributed by atoms with Crippen molar-refractivity contribution < 1.29 is 33.2 Å². The average molecular weight is 717 g/mol. The van der Waals surface area contributed by atoms with Crippen LogP contribution in [0.1, 0.15) is 34.6 Å². The summed E-state index contributed by atoms with van der Waals surface area (Å²) < 4.78 is 40.8. The van der Waals surface area contributed by atoms with E-state index in [1.54, 1.807) is 12.2 Å². The summed E-state index contributed by atoms with van der Waals surface area (Å²) in [6.45, 7) is 25.8. The van der Waals surface area contributed by atoms with Gasteiger partial charge in [0.25, 0.3) is 0 Å². The van der Waals surface area contributed by atoms with Gasteiger partial charge in [0.1, 0.15) is 66.9 Å². The lowest BCUT2D eigenvalue weighted by atomic mass is 9.95. The molecule has 3 atom stereocenters. The van der Waals surface area contributed by atoms with Crippen LogP contribution in [0.15, 0.2) is 140 Å². The molecule has 3 fully saturated rings. The lowest BCUT2D eigenvalue weighted by Crippen LogP contribution is -2.05. The quantitative estimate of drug-likeness (QED) is 0.0612. The zero-order valence-electron chi connectivity index (χ0n) is 31.7. The highest BCUT2D eigenvalue weighted by Gasteiger charge is 2.25. The predicted molar refractivity (Wildman–Crippen MR) is 216 cm³/mol. The van der Waals surface area contributed by atoms with Gasteiger partial charge in [-0.05, 0) is 106 Å². The monoisotopic (exact) mass is 716 g/mol. The summed E-state index contributed by atoms with van der Waals surface area (Å²) in [5.41, 5.74) is 3.51. The first kappa shape index (κ1) is 39.1. The number of epoxide rings is 3. The summed E-state index contributed by atoms with van der Waals surface area (Å²) >= 11 is 0. The first-order valence-electron chi connectivity index (χ1n) is 18.6. The summed E-state index contributed by atoms with van der Waals surface area (Å²) in [6.07, 6.45) is 9.55. The van der Waals surface area contributed by atoms with Gasteiger partial charge in [0.2, 0.25) is 0 Å². The van der Waals surface area contributed by atoms with Crippen molar-refractivity contribution >= 4 is 21.5 Å². The molecule has 4 aromatic rings. The summed E-state index contributed by atoms with van der Waals surface area (Å²) in [4.78, 5) is 0. The summed E-state index contributed by atoms with van der Waals surface area (Å²) in [7, 11) is 0. The van der Waals surface area contributed by atoms with E-state index in [1.165, 1.54) is 0 Å². The van der Waals surface area contributed by atoms with Crippen LogP contribution in [0, 0.1) is 0 Å². The topological polar surface area (TPSA) is 74.5 Å². The van der Waals surface area contributed by atoms with E-state index in [2.05, 4.69) is 62.2 Å². The van der Waals surface area contributed by atoms with Crippen molar-refractivity contribution in [3.63, 3.8) is 0 Å². The van der Waals surface area contributed by atoms with E-state index < -0.39 is 0 Å². The third-order valence-electron chi connectivity index (χ3n) is 8.49. The Morgan fingerprint density at radius 1 is 0.679 bits per heavy atom. The fourth-order valence-electron chi connectivity index (χ4n) is 5.41. The Bertz CT molecular complexity index is 1990. The molecule has 0 bridgehead atoms. The van der Waals surface area contributed by atoms with E-state index in [0.717, 1.165) is 68.5 Å². The van der Waals surface area contributed by atoms with E-state index in [4.69, 9.17) is 33.2 Å². The SMILES string of the molecule is C=CC(=C)C(=C\C(=C/C)OCC1CO1)/C=C(\C=C)Oc1ccc2ccc(OCC3CO3)c(-c3ccc4ccc(OCC5CO5)cc4c3)c2c1.CC.CC. The Kier molecular flexibility index (Phi) is 14.1. The van der Waals surface area contributed by atoms with Gasteiger partial charge in [-0.2, -0.15) is 0 Å². The second-order valence-electron chi connectivity index (χ2n) is 12.2. The van der Waals surface area contributed by atoms with E-state index in [1.807, 2.05) is 77.1 Å².